The highest BCUT2D eigenvalue weighted by Gasteiger charge is 2.37. The minimum atomic E-state index is -0.875. The van der Waals surface area contributed by atoms with Crippen molar-refractivity contribution in [2.75, 3.05) is 7.11 Å². The largest absolute Gasteiger partial charge is 0.493 e. The Balaban J connectivity index is 3.26. The van der Waals surface area contributed by atoms with Gasteiger partial charge in [-0.3, -0.25) is 4.68 Å². The molecule has 0 saturated carbocycles. The van der Waals surface area contributed by atoms with Gasteiger partial charge in [-0.25, -0.2) is 0 Å². The van der Waals surface area contributed by atoms with E-state index in [1.807, 2.05) is 11.6 Å². The second-order valence-corrected chi connectivity index (χ2v) is 6.10. The number of hydrogen-bond acceptors (Lipinski definition) is 3. The van der Waals surface area contributed by atoms with Gasteiger partial charge in [0.15, 0.2) is 5.75 Å². The average Bonchev–Trinajstić information content (AvgIpc) is 2.69. The first kappa shape index (κ1) is 16.0. The molecule has 0 saturated heterocycles. The molecule has 0 unspecified atom stereocenters. The Kier molecular flexibility index (Phi) is 5.41. The number of aromatic nitrogens is 2. The zero-order chi connectivity index (χ0) is 14.6. The Bertz CT molecular complexity index is 365. The smallest absolute Gasteiger partial charge is 0.162 e. The fourth-order valence-electron chi connectivity index (χ4n) is 2.85. The number of hydrogen-bond donors (Lipinski definition) is 1. The van der Waals surface area contributed by atoms with Crippen LogP contribution in [0.5, 0.6) is 5.75 Å². The summed E-state index contributed by atoms with van der Waals surface area (Å²) >= 11 is 0. The maximum absolute atomic E-state index is 11.2. The number of aliphatic hydroxyl groups is 1. The number of methoxy groups -OCH3 is 1. The topological polar surface area (TPSA) is 47.3 Å². The Morgan fingerprint density at radius 1 is 1.26 bits per heavy atom. The fraction of sp³-hybridized carbons (Fsp3) is 0.800. The third kappa shape index (κ3) is 3.72. The molecule has 0 atom stereocenters. The van der Waals surface area contributed by atoms with Gasteiger partial charge < -0.3 is 9.84 Å². The minimum Gasteiger partial charge on any atom is -0.493 e. The minimum absolute atomic E-state index is 0.411. The first-order chi connectivity index (χ1) is 8.84. The molecule has 1 N–H and O–H groups in total. The van der Waals surface area contributed by atoms with Crippen molar-refractivity contribution in [2.24, 2.45) is 11.8 Å². The molecule has 0 radical (unpaired) electrons. The maximum atomic E-state index is 11.2. The fourth-order valence-corrected chi connectivity index (χ4v) is 2.85. The van der Waals surface area contributed by atoms with Crippen LogP contribution in [0.2, 0.25) is 0 Å². The van der Waals surface area contributed by atoms with Crippen LogP contribution in [0.4, 0.5) is 0 Å². The van der Waals surface area contributed by atoms with Gasteiger partial charge in [-0.2, -0.15) is 5.10 Å². The summed E-state index contributed by atoms with van der Waals surface area (Å²) in [6.07, 6.45) is 3.13. The maximum Gasteiger partial charge on any atom is 0.162 e. The van der Waals surface area contributed by atoms with E-state index >= 15 is 0 Å². The van der Waals surface area contributed by atoms with Crippen LogP contribution in [0.3, 0.4) is 0 Å². The summed E-state index contributed by atoms with van der Waals surface area (Å²) in [7, 11) is 1.63. The van der Waals surface area contributed by atoms with Crippen LogP contribution in [0.1, 0.15) is 53.2 Å². The molecule has 4 nitrogen and oxygen atoms in total. The molecule has 0 fully saturated rings. The Labute approximate surface area is 116 Å². The molecule has 0 spiro atoms. The third-order valence-corrected chi connectivity index (χ3v) is 3.26. The zero-order valence-corrected chi connectivity index (χ0v) is 13.1. The standard InChI is InChI=1S/C15H28N2O2/c1-7-17-14(13(19-6)10-16-17)15(18,8-11(2)3)9-12(4)5/h10-12,18H,7-9H2,1-6H3. The monoisotopic (exact) mass is 268 g/mol. The van der Waals surface area contributed by atoms with Gasteiger partial charge in [0.2, 0.25) is 0 Å². The molecule has 1 aromatic heterocycles. The molecule has 1 heterocycles. The van der Waals surface area contributed by atoms with E-state index in [2.05, 4.69) is 32.8 Å². The number of rotatable bonds is 7. The molecule has 4 heteroatoms. The van der Waals surface area contributed by atoms with E-state index in [1.165, 1.54) is 0 Å². The molecule has 0 aliphatic carbocycles. The van der Waals surface area contributed by atoms with E-state index in [-0.39, 0.29) is 0 Å². The lowest BCUT2D eigenvalue weighted by molar-refractivity contribution is -0.0143. The molecule has 0 bridgehead atoms. The van der Waals surface area contributed by atoms with Crippen molar-refractivity contribution in [3.63, 3.8) is 0 Å². The van der Waals surface area contributed by atoms with Crippen LogP contribution in [0.25, 0.3) is 0 Å². The molecule has 1 aromatic rings. The van der Waals surface area contributed by atoms with Crippen LogP contribution in [-0.4, -0.2) is 22.0 Å². The summed E-state index contributed by atoms with van der Waals surface area (Å²) in [5.74, 6) is 1.51. The highest BCUT2D eigenvalue weighted by atomic mass is 16.5. The van der Waals surface area contributed by atoms with Gasteiger partial charge in [0.05, 0.1) is 13.3 Å². The van der Waals surface area contributed by atoms with Crippen molar-refractivity contribution in [3.05, 3.63) is 11.9 Å². The summed E-state index contributed by atoms with van der Waals surface area (Å²) in [6.45, 7) is 11.3. The van der Waals surface area contributed by atoms with Gasteiger partial charge in [-0.1, -0.05) is 27.7 Å². The second-order valence-electron chi connectivity index (χ2n) is 6.10. The molecule has 0 aromatic carbocycles. The summed E-state index contributed by atoms with van der Waals surface area (Å²) in [6, 6.07) is 0. The van der Waals surface area contributed by atoms with Gasteiger partial charge in [0.1, 0.15) is 11.3 Å². The van der Waals surface area contributed by atoms with Crippen molar-refractivity contribution in [1.82, 2.24) is 9.78 Å². The molecule has 0 amide bonds. The van der Waals surface area contributed by atoms with E-state index in [0.717, 1.165) is 12.2 Å². The lowest BCUT2D eigenvalue weighted by atomic mass is 9.82. The molecular formula is C15H28N2O2. The van der Waals surface area contributed by atoms with Gasteiger partial charge in [0.25, 0.3) is 0 Å². The predicted octanol–water partition coefficient (Wildman–Crippen LogP) is 3.19. The second kappa shape index (κ2) is 6.42. The van der Waals surface area contributed by atoms with Gasteiger partial charge in [-0.05, 0) is 31.6 Å². The quantitative estimate of drug-likeness (QED) is 0.826. The molecule has 19 heavy (non-hydrogen) atoms. The van der Waals surface area contributed by atoms with Crippen LogP contribution < -0.4 is 4.74 Å². The predicted molar refractivity (Wildman–Crippen MR) is 77.3 cm³/mol. The van der Waals surface area contributed by atoms with E-state index < -0.39 is 5.60 Å². The van der Waals surface area contributed by atoms with Crippen molar-refractivity contribution >= 4 is 0 Å². The summed E-state index contributed by atoms with van der Waals surface area (Å²) in [5.41, 5.74) is -0.0555. The van der Waals surface area contributed by atoms with E-state index in [9.17, 15) is 5.11 Å². The number of ether oxygens (including phenoxy) is 1. The summed E-state index contributed by atoms with van der Waals surface area (Å²) < 4.78 is 7.24. The molecule has 1 rings (SSSR count). The Morgan fingerprint density at radius 2 is 1.79 bits per heavy atom. The number of nitrogens with zero attached hydrogens (tertiary/aromatic N) is 2. The first-order valence-corrected chi connectivity index (χ1v) is 7.16. The van der Waals surface area contributed by atoms with Crippen LogP contribution in [0, 0.1) is 11.8 Å². The highest BCUT2D eigenvalue weighted by molar-refractivity contribution is 5.31. The molecular weight excluding hydrogens is 240 g/mol. The van der Waals surface area contributed by atoms with E-state index in [1.54, 1.807) is 13.3 Å². The summed E-state index contributed by atoms with van der Waals surface area (Å²) in [5, 5.41) is 15.5. The lowest BCUT2D eigenvalue weighted by Crippen LogP contribution is -2.33. The van der Waals surface area contributed by atoms with Crippen molar-refractivity contribution in [3.8, 4) is 5.75 Å². The summed E-state index contributed by atoms with van der Waals surface area (Å²) in [4.78, 5) is 0. The van der Waals surface area contributed by atoms with Crippen molar-refractivity contribution in [2.45, 2.75) is 59.6 Å². The van der Waals surface area contributed by atoms with Crippen molar-refractivity contribution in [1.29, 1.82) is 0 Å². The van der Waals surface area contributed by atoms with Gasteiger partial charge in [0, 0.05) is 6.54 Å². The highest BCUT2D eigenvalue weighted by Crippen LogP contribution is 2.39. The van der Waals surface area contributed by atoms with Gasteiger partial charge >= 0.3 is 0 Å². The van der Waals surface area contributed by atoms with Crippen LogP contribution >= 0.6 is 0 Å². The molecule has 0 aliphatic rings. The van der Waals surface area contributed by atoms with Crippen molar-refractivity contribution < 1.29 is 9.84 Å². The Hall–Kier alpha value is -1.03. The zero-order valence-electron chi connectivity index (χ0n) is 13.1. The van der Waals surface area contributed by atoms with Gasteiger partial charge in [-0.15, -0.1) is 0 Å². The normalized spacial score (nSPS) is 12.5. The number of aryl methyl sites for hydroxylation is 1. The average molecular weight is 268 g/mol. The SMILES string of the molecule is CCn1ncc(OC)c1C(O)(CC(C)C)CC(C)C. The van der Waals surface area contributed by atoms with E-state index in [0.29, 0.717) is 30.4 Å². The van der Waals surface area contributed by atoms with E-state index in [4.69, 9.17) is 4.74 Å². The molecule has 110 valence electrons. The van der Waals surface area contributed by atoms with Crippen LogP contribution in [-0.2, 0) is 12.1 Å². The Morgan fingerprint density at radius 3 is 2.16 bits per heavy atom. The third-order valence-electron chi connectivity index (χ3n) is 3.26. The first-order valence-electron chi connectivity index (χ1n) is 7.16. The molecule has 0 aliphatic heterocycles. The lowest BCUT2D eigenvalue weighted by Gasteiger charge is -2.32. The van der Waals surface area contributed by atoms with Crippen LogP contribution in [0.15, 0.2) is 6.20 Å².